The van der Waals surface area contributed by atoms with E-state index in [2.05, 4.69) is 172 Å². The van der Waals surface area contributed by atoms with Crippen molar-refractivity contribution in [2.75, 3.05) is 0 Å². The van der Waals surface area contributed by atoms with Crippen molar-refractivity contribution >= 4 is 28.5 Å². The molecule has 2 atom stereocenters. The van der Waals surface area contributed by atoms with Crippen LogP contribution in [0.15, 0.2) is 151 Å². The van der Waals surface area contributed by atoms with E-state index in [9.17, 15) is 0 Å². The van der Waals surface area contributed by atoms with Crippen LogP contribution in [-0.2, 0) is 5.41 Å². The third-order valence-corrected chi connectivity index (χ3v) is 11.2. The highest BCUT2D eigenvalue weighted by molar-refractivity contribution is 5.99. The fourth-order valence-electron chi connectivity index (χ4n) is 8.97. The first-order valence-corrected chi connectivity index (χ1v) is 16.8. The molecule has 0 heteroatoms. The van der Waals surface area contributed by atoms with E-state index < -0.39 is 0 Å². The van der Waals surface area contributed by atoms with E-state index >= 15 is 0 Å². The van der Waals surface area contributed by atoms with Crippen molar-refractivity contribution < 1.29 is 0 Å². The summed E-state index contributed by atoms with van der Waals surface area (Å²) in [5, 5.41) is 2.65. The van der Waals surface area contributed by atoms with Crippen LogP contribution in [0.2, 0.25) is 0 Å². The number of benzene rings is 6. The Hall–Kier alpha value is -5.46. The maximum atomic E-state index is 2.42. The average Bonchev–Trinajstić information content (AvgIpc) is 3.37. The molecule has 0 saturated heterocycles. The SMILES string of the molecule is CC1(C)c2ccccc2-c2ccc3cc(-c4cc(C5=C6C=Cc7cccc8c7C6C(C=C5)C=C8)cc(-c5ccccc5)c4)ccc3c21. The number of fused-ring (bicyclic) bond motifs is 5. The van der Waals surface area contributed by atoms with Crippen LogP contribution in [0, 0.1) is 5.92 Å². The molecule has 10 rings (SSSR count). The zero-order chi connectivity index (χ0) is 31.3. The van der Waals surface area contributed by atoms with Crippen molar-refractivity contribution in [3.05, 3.63) is 185 Å². The third-order valence-electron chi connectivity index (χ3n) is 11.2. The van der Waals surface area contributed by atoms with E-state index in [1.54, 1.807) is 0 Å². The van der Waals surface area contributed by atoms with E-state index in [0.29, 0.717) is 11.8 Å². The van der Waals surface area contributed by atoms with Gasteiger partial charge in [0.2, 0.25) is 0 Å². The summed E-state index contributed by atoms with van der Waals surface area (Å²) in [7, 11) is 0. The van der Waals surface area contributed by atoms with Gasteiger partial charge in [0.05, 0.1) is 0 Å². The summed E-state index contributed by atoms with van der Waals surface area (Å²) < 4.78 is 0. The highest BCUT2D eigenvalue weighted by Gasteiger charge is 2.37. The molecule has 47 heavy (non-hydrogen) atoms. The maximum absolute atomic E-state index is 2.42. The van der Waals surface area contributed by atoms with Crippen molar-refractivity contribution in [1.29, 1.82) is 0 Å². The van der Waals surface area contributed by atoms with E-state index in [1.165, 1.54) is 88.7 Å². The minimum absolute atomic E-state index is 0.0350. The molecule has 0 spiro atoms. The Bertz CT molecular complexity index is 2420. The van der Waals surface area contributed by atoms with Crippen LogP contribution >= 0.6 is 0 Å². The Labute approximate surface area is 276 Å². The zero-order valence-corrected chi connectivity index (χ0v) is 26.7. The lowest BCUT2D eigenvalue weighted by Crippen LogP contribution is -2.21. The van der Waals surface area contributed by atoms with E-state index in [1.807, 2.05) is 0 Å². The van der Waals surface area contributed by atoms with Crippen molar-refractivity contribution in [2.24, 2.45) is 5.92 Å². The molecule has 0 heterocycles. The van der Waals surface area contributed by atoms with Crippen molar-refractivity contribution in [2.45, 2.75) is 25.2 Å². The molecular formula is C47H34. The second-order valence-corrected chi connectivity index (χ2v) is 14.1. The Kier molecular flexibility index (Phi) is 5.56. The minimum Gasteiger partial charge on any atom is -0.0761 e. The molecule has 6 aromatic carbocycles. The molecule has 0 nitrogen and oxygen atoms in total. The molecule has 0 aliphatic heterocycles. The van der Waals surface area contributed by atoms with Gasteiger partial charge in [0.1, 0.15) is 0 Å². The summed E-state index contributed by atoms with van der Waals surface area (Å²) in [5.74, 6) is 0.747. The lowest BCUT2D eigenvalue weighted by atomic mass is 9.67. The number of rotatable bonds is 3. The zero-order valence-electron chi connectivity index (χ0n) is 26.7. The fraction of sp³-hybridized carbons (Fsp3) is 0.106. The second kappa shape index (κ2) is 9.77. The Balaban J connectivity index is 1.15. The average molecular weight is 599 g/mol. The molecular weight excluding hydrogens is 565 g/mol. The number of hydrogen-bond acceptors (Lipinski definition) is 0. The van der Waals surface area contributed by atoms with Crippen LogP contribution in [0.4, 0.5) is 0 Å². The van der Waals surface area contributed by atoms with Gasteiger partial charge in [-0.3, -0.25) is 0 Å². The van der Waals surface area contributed by atoms with E-state index in [0.717, 1.165) is 0 Å². The molecule has 222 valence electrons. The molecule has 0 amide bonds. The van der Waals surface area contributed by atoms with Crippen molar-refractivity contribution in [1.82, 2.24) is 0 Å². The summed E-state index contributed by atoms with van der Waals surface area (Å²) in [6, 6.07) is 45.5. The first-order chi connectivity index (χ1) is 23.0. The van der Waals surface area contributed by atoms with Gasteiger partial charge in [-0.1, -0.05) is 147 Å². The van der Waals surface area contributed by atoms with Crippen LogP contribution in [0.1, 0.15) is 53.1 Å². The van der Waals surface area contributed by atoms with Crippen LogP contribution in [-0.4, -0.2) is 0 Å². The van der Waals surface area contributed by atoms with Gasteiger partial charge in [-0.25, -0.2) is 0 Å². The molecule has 4 aliphatic rings. The summed E-state index contributed by atoms with van der Waals surface area (Å²) in [5.41, 5.74) is 18.8. The first-order valence-electron chi connectivity index (χ1n) is 16.8. The highest BCUT2D eigenvalue weighted by Crippen LogP contribution is 2.52. The van der Waals surface area contributed by atoms with Crippen molar-refractivity contribution in [3.63, 3.8) is 0 Å². The van der Waals surface area contributed by atoms with Crippen LogP contribution < -0.4 is 0 Å². The monoisotopic (exact) mass is 598 g/mol. The van der Waals surface area contributed by atoms with Gasteiger partial charge in [0, 0.05) is 17.3 Å². The van der Waals surface area contributed by atoms with E-state index in [-0.39, 0.29) is 5.41 Å². The fourth-order valence-corrected chi connectivity index (χ4v) is 8.97. The predicted molar refractivity (Wildman–Crippen MR) is 199 cm³/mol. The van der Waals surface area contributed by atoms with Crippen LogP contribution in [0.5, 0.6) is 0 Å². The van der Waals surface area contributed by atoms with Gasteiger partial charge in [0.25, 0.3) is 0 Å². The number of hydrogen-bond donors (Lipinski definition) is 0. The number of allylic oxidation sites excluding steroid dienone is 6. The molecule has 2 unspecified atom stereocenters. The van der Waals surface area contributed by atoms with Gasteiger partial charge >= 0.3 is 0 Å². The molecule has 0 bridgehead atoms. The first kappa shape index (κ1) is 26.7. The van der Waals surface area contributed by atoms with Gasteiger partial charge < -0.3 is 0 Å². The minimum atomic E-state index is -0.0350. The lowest BCUT2D eigenvalue weighted by Gasteiger charge is -2.37. The molecule has 0 N–H and O–H groups in total. The maximum Gasteiger partial charge on any atom is 0.0205 e. The predicted octanol–water partition coefficient (Wildman–Crippen LogP) is 12.3. The second-order valence-electron chi connectivity index (χ2n) is 14.1. The molecule has 0 saturated carbocycles. The van der Waals surface area contributed by atoms with E-state index in [4.69, 9.17) is 0 Å². The topological polar surface area (TPSA) is 0 Å². The van der Waals surface area contributed by atoms with Crippen LogP contribution in [0.3, 0.4) is 0 Å². The van der Waals surface area contributed by atoms with Gasteiger partial charge in [0.15, 0.2) is 0 Å². The third kappa shape index (κ3) is 3.88. The van der Waals surface area contributed by atoms with Gasteiger partial charge in [-0.05, 0) is 113 Å². The largest absolute Gasteiger partial charge is 0.0761 e. The molecule has 4 aliphatic carbocycles. The van der Waals surface area contributed by atoms with Gasteiger partial charge in [-0.2, -0.15) is 0 Å². The standard InChI is InChI=1S/C47H34/c1-47(2)43-14-7-6-13-40(43)42-24-20-34-25-33(19-22-39(34)46(42)47)36-26-35(29-9-4-3-5-10-29)27-37(28-36)38-21-17-32-16-15-30-11-8-12-31-18-23-41(38)45(32)44(30)31/h3-28,32,45H,1-2H3. The Morgan fingerprint density at radius 2 is 1.26 bits per heavy atom. The molecule has 6 aromatic rings. The van der Waals surface area contributed by atoms with Crippen molar-refractivity contribution in [3.8, 4) is 33.4 Å². The Morgan fingerprint density at radius 3 is 2.13 bits per heavy atom. The normalized spacial score (nSPS) is 19.1. The molecule has 0 aromatic heterocycles. The van der Waals surface area contributed by atoms with Crippen LogP contribution in [0.25, 0.3) is 61.9 Å². The summed E-state index contributed by atoms with van der Waals surface area (Å²) in [6.45, 7) is 4.75. The quantitative estimate of drug-likeness (QED) is 0.190. The summed E-state index contributed by atoms with van der Waals surface area (Å²) >= 11 is 0. The molecule has 0 radical (unpaired) electrons. The smallest absolute Gasteiger partial charge is 0.0205 e. The molecule has 0 fully saturated rings. The van der Waals surface area contributed by atoms with Gasteiger partial charge in [-0.15, -0.1) is 0 Å². The summed E-state index contributed by atoms with van der Waals surface area (Å²) in [6.07, 6.45) is 14.2. The highest BCUT2D eigenvalue weighted by atomic mass is 14.4. The Morgan fingerprint density at radius 1 is 0.511 bits per heavy atom. The summed E-state index contributed by atoms with van der Waals surface area (Å²) in [4.78, 5) is 0. The lowest BCUT2D eigenvalue weighted by molar-refractivity contribution is 0.666.